The van der Waals surface area contributed by atoms with Gasteiger partial charge in [0.25, 0.3) is 5.56 Å². The van der Waals surface area contributed by atoms with Crippen molar-refractivity contribution in [2.45, 2.75) is 6.92 Å². The number of halogens is 1. The predicted octanol–water partition coefficient (Wildman–Crippen LogP) is 1.30. The van der Waals surface area contributed by atoms with Gasteiger partial charge in [-0.05, 0) is 41.1 Å². The SMILES string of the molecule is Cc1ccn(C)c(=O)c1I. The molecule has 0 atom stereocenters. The molecule has 1 aromatic rings. The Kier molecular flexibility index (Phi) is 2.13. The molecule has 0 bridgehead atoms. The monoisotopic (exact) mass is 249 g/mol. The van der Waals surface area contributed by atoms with E-state index in [-0.39, 0.29) is 5.56 Å². The summed E-state index contributed by atoms with van der Waals surface area (Å²) in [4.78, 5) is 11.1. The first-order valence-electron chi connectivity index (χ1n) is 2.94. The second kappa shape index (κ2) is 2.74. The first kappa shape index (κ1) is 7.78. The molecule has 0 fully saturated rings. The highest BCUT2D eigenvalue weighted by Crippen LogP contribution is 2.03. The smallest absolute Gasteiger partial charge is 0.263 e. The molecule has 3 heteroatoms. The van der Waals surface area contributed by atoms with Gasteiger partial charge in [0.1, 0.15) is 0 Å². The van der Waals surface area contributed by atoms with Crippen LogP contribution in [-0.4, -0.2) is 4.57 Å². The zero-order valence-electron chi connectivity index (χ0n) is 5.89. The van der Waals surface area contributed by atoms with Crippen LogP contribution < -0.4 is 5.56 Å². The van der Waals surface area contributed by atoms with E-state index in [2.05, 4.69) is 22.6 Å². The second-order valence-corrected chi connectivity index (χ2v) is 3.31. The van der Waals surface area contributed by atoms with Gasteiger partial charge >= 0.3 is 0 Å². The molecule has 2 nitrogen and oxygen atoms in total. The minimum absolute atomic E-state index is 0.0839. The maximum atomic E-state index is 11.1. The molecule has 1 rings (SSSR count). The van der Waals surface area contributed by atoms with Gasteiger partial charge in [0.2, 0.25) is 0 Å². The second-order valence-electron chi connectivity index (χ2n) is 2.23. The Morgan fingerprint density at radius 1 is 1.60 bits per heavy atom. The van der Waals surface area contributed by atoms with Crippen molar-refractivity contribution in [2.75, 3.05) is 0 Å². The zero-order chi connectivity index (χ0) is 7.72. The van der Waals surface area contributed by atoms with Crippen LogP contribution in [-0.2, 0) is 7.05 Å². The largest absolute Gasteiger partial charge is 0.318 e. The topological polar surface area (TPSA) is 22.0 Å². The van der Waals surface area contributed by atoms with Crippen LogP contribution in [0.4, 0.5) is 0 Å². The van der Waals surface area contributed by atoms with Gasteiger partial charge in [-0.2, -0.15) is 0 Å². The molecule has 0 aliphatic carbocycles. The quantitative estimate of drug-likeness (QED) is 0.635. The van der Waals surface area contributed by atoms with Crippen molar-refractivity contribution in [3.8, 4) is 0 Å². The van der Waals surface area contributed by atoms with Crippen molar-refractivity contribution in [3.63, 3.8) is 0 Å². The molecule has 0 saturated heterocycles. The van der Waals surface area contributed by atoms with Gasteiger partial charge in [0, 0.05) is 13.2 Å². The van der Waals surface area contributed by atoms with E-state index in [0.717, 1.165) is 9.13 Å². The highest BCUT2D eigenvalue weighted by atomic mass is 127. The fourth-order valence-electron chi connectivity index (χ4n) is 0.688. The van der Waals surface area contributed by atoms with Crippen molar-refractivity contribution in [1.29, 1.82) is 0 Å². The lowest BCUT2D eigenvalue weighted by Crippen LogP contribution is -2.19. The van der Waals surface area contributed by atoms with Crippen LogP contribution in [0.2, 0.25) is 0 Å². The van der Waals surface area contributed by atoms with E-state index >= 15 is 0 Å². The highest BCUT2D eigenvalue weighted by Gasteiger charge is 1.98. The summed E-state index contributed by atoms with van der Waals surface area (Å²) in [5.74, 6) is 0. The van der Waals surface area contributed by atoms with E-state index < -0.39 is 0 Å². The molecule has 0 N–H and O–H groups in total. The number of aryl methyl sites for hydroxylation is 2. The van der Waals surface area contributed by atoms with Crippen molar-refractivity contribution < 1.29 is 0 Å². The first-order chi connectivity index (χ1) is 4.63. The van der Waals surface area contributed by atoms with E-state index in [1.54, 1.807) is 17.8 Å². The van der Waals surface area contributed by atoms with Gasteiger partial charge in [0.05, 0.1) is 3.57 Å². The Hall–Kier alpha value is -0.320. The van der Waals surface area contributed by atoms with Crippen molar-refractivity contribution in [3.05, 3.63) is 31.8 Å². The summed E-state index contributed by atoms with van der Waals surface area (Å²) < 4.78 is 2.39. The number of hydrogen-bond acceptors (Lipinski definition) is 1. The van der Waals surface area contributed by atoms with Gasteiger partial charge in [-0.25, -0.2) is 0 Å². The maximum absolute atomic E-state index is 11.1. The zero-order valence-corrected chi connectivity index (χ0v) is 8.05. The van der Waals surface area contributed by atoms with Crippen LogP contribution in [0.5, 0.6) is 0 Å². The maximum Gasteiger partial charge on any atom is 0.263 e. The number of rotatable bonds is 0. The lowest BCUT2D eigenvalue weighted by molar-refractivity contribution is 0.847. The molecule has 54 valence electrons. The average Bonchev–Trinajstić information content (AvgIpc) is 1.93. The lowest BCUT2D eigenvalue weighted by Gasteiger charge is -1.99. The standard InChI is InChI=1S/C7H8INO/c1-5-3-4-9(2)7(10)6(5)8/h3-4H,1-2H3. The van der Waals surface area contributed by atoms with E-state index in [4.69, 9.17) is 0 Å². The Morgan fingerprint density at radius 3 is 2.70 bits per heavy atom. The van der Waals surface area contributed by atoms with Gasteiger partial charge in [-0.15, -0.1) is 0 Å². The molecule has 1 aromatic heterocycles. The summed E-state index contributed by atoms with van der Waals surface area (Å²) in [5, 5.41) is 0. The molecular formula is C7H8INO. The third kappa shape index (κ3) is 1.23. The van der Waals surface area contributed by atoms with E-state index in [0.29, 0.717) is 0 Å². The molecule has 0 amide bonds. The van der Waals surface area contributed by atoms with Crippen molar-refractivity contribution in [2.24, 2.45) is 7.05 Å². The number of nitrogens with zero attached hydrogens (tertiary/aromatic N) is 1. The van der Waals surface area contributed by atoms with Crippen molar-refractivity contribution >= 4 is 22.6 Å². The molecule has 0 aromatic carbocycles. The molecule has 1 heterocycles. The Bertz CT molecular complexity index is 303. The molecule has 0 aliphatic heterocycles. The van der Waals surface area contributed by atoms with E-state index in [1.165, 1.54) is 0 Å². The predicted molar refractivity (Wildman–Crippen MR) is 49.1 cm³/mol. The molecule has 0 unspecified atom stereocenters. The fraction of sp³-hybridized carbons (Fsp3) is 0.286. The minimum Gasteiger partial charge on any atom is -0.318 e. The minimum atomic E-state index is 0.0839. The van der Waals surface area contributed by atoms with E-state index in [1.807, 2.05) is 13.0 Å². The van der Waals surface area contributed by atoms with Crippen LogP contribution >= 0.6 is 22.6 Å². The summed E-state index contributed by atoms with van der Waals surface area (Å²) in [6.07, 6.45) is 1.78. The van der Waals surface area contributed by atoms with Crippen LogP contribution in [0.25, 0.3) is 0 Å². The van der Waals surface area contributed by atoms with Gasteiger partial charge < -0.3 is 4.57 Å². The van der Waals surface area contributed by atoms with Crippen LogP contribution in [0.3, 0.4) is 0 Å². The summed E-state index contributed by atoms with van der Waals surface area (Å²) in [7, 11) is 1.75. The van der Waals surface area contributed by atoms with Crippen LogP contribution in [0.15, 0.2) is 17.1 Å². The number of hydrogen-bond donors (Lipinski definition) is 0. The van der Waals surface area contributed by atoms with Gasteiger partial charge in [-0.1, -0.05) is 0 Å². The molecule has 0 spiro atoms. The van der Waals surface area contributed by atoms with Crippen LogP contribution in [0.1, 0.15) is 5.56 Å². The fourth-order valence-corrected chi connectivity index (χ4v) is 1.25. The first-order valence-corrected chi connectivity index (χ1v) is 4.02. The lowest BCUT2D eigenvalue weighted by atomic mass is 10.3. The number of pyridine rings is 1. The molecule has 0 aliphatic rings. The Morgan fingerprint density at radius 2 is 2.20 bits per heavy atom. The summed E-state index contributed by atoms with van der Waals surface area (Å²) in [6, 6.07) is 1.93. The molecule has 0 saturated carbocycles. The summed E-state index contributed by atoms with van der Waals surface area (Å²) in [5.41, 5.74) is 1.13. The number of aromatic nitrogens is 1. The van der Waals surface area contributed by atoms with Crippen LogP contribution in [0, 0.1) is 10.5 Å². The van der Waals surface area contributed by atoms with Gasteiger partial charge in [-0.3, -0.25) is 4.79 Å². The molecular weight excluding hydrogens is 241 g/mol. The van der Waals surface area contributed by atoms with E-state index in [9.17, 15) is 4.79 Å². The average molecular weight is 249 g/mol. The highest BCUT2D eigenvalue weighted by molar-refractivity contribution is 14.1. The van der Waals surface area contributed by atoms with Crippen molar-refractivity contribution in [1.82, 2.24) is 4.57 Å². The molecule has 10 heavy (non-hydrogen) atoms. The Labute approximate surface area is 73.0 Å². The normalized spacial score (nSPS) is 9.90. The summed E-state index contributed by atoms with van der Waals surface area (Å²) >= 11 is 2.06. The third-order valence-corrected chi connectivity index (χ3v) is 2.71. The third-order valence-electron chi connectivity index (χ3n) is 1.40. The summed E-state index contributed by atoms with van der Waals surface area (Å²) in [6.45, 7) is 1.93. The Balaban J connectivity index is 3.50. The van der Waals surface area contributed by atoms with Gasteiger partial charge in [0.15, 0.2) is 0 Å². The molecule has 0 radical (unpaired) electrons.